The van der Waals surface area contributed by atoms with E-state index in [9.17, 15) is 9.59 Å². The number of nitrogens with two attached hydrogens (primary N) is 2. The lowest BCUT2D eigenvalue weighted by atomic mass is 9.90. The topological polar surface area (TPSA) is 89.4 Å². The van der Waals surface area contributed by atoms with Crippen LogP contribution in [0.3, 0.4) is 0 Å². The van der Waals surface area contributed by atoms with E-state index in [0.717, 1.165) is 36.9 Å². The van der Waals surface area contributed by atoms with Gasteiger partial charge in [0, 0.05) is 23.3 Å². The van der Waals surface area contributed by atoms with Gasteiger partial charge in [0.05, 0.1) is 6.42 Å². The largest absolute Gasteiger partial charge is 0.366 e. The minimum atomic E-state index is -0.460. The molecule has 2 amide bonds. The van der Waals surface area contributed by atoms with Crippen molar-refractivity contribution in [1.29, 1.82) is 0 Å². The highest BCUT2D eigenvalue weighted by atomic mass is 16.2. The molecule has 0 bridgehead atoms. The molecule has 4 N–H and O–H groups in total. The summed E-state index contributed by atoms with van der Waals surface area (Å²) in [7, 11) is 0. The molecule has 5 heteroatoms. The fourth-order valence-corrected chi connectivity index (χ4v) is 3.23. The van der Waals surface area contributed by atoms with Gasteiger partial charge in [-0.3, -0.25) is 9.59 Å². The van der Waals surface area contributed by atoms with Crippen molar-refractivity contribution >= 4 is 17.5 Å². The molecule has 106 valence electrons. The first-order valence-electron chi connectivity index (χ1n) is 7.06. The molecular formula is C15H19N3O2. The summed E-state index contributed by atoms with van der Waals surface area (Å²) in [6, 6.07) is 5.72. The zero-order valence-electron chi connectivity index (χ0n) is 11.3. The summed E-state index contributed by atoms with van der Waals surface area (Å²) in [6.45, 7) is 0. The normalized spacial score (nSPS) is 25.6. The third-order valence-corrected chi connectivity index (χ3v) is 4.35. The molecule has 0 radical (unpaired) electrons. The average molecular weight is 273 g/mol. The van der Waals surface area contributed by atoms with Gasteiger partial charge in [-0.25, -0.2) is 0 Å². The van der Waals surface area contributed by atoms with Gasteiger partial charge in [-0.05, 0) is 43.4 Å². The Hall–Kier alpha value is -1.88. The van der Waals surface area contributed by atoms with E-state index in [1.165, 1.54) is 0 Å². The van der Waals surface area contributed by atoms with Crippen LogP contribution in [0.5, 0.6) is 0 Å². The number of nitrogens with zero attached hydrogens (tertiary/aromatic N) is 1. The maximum absolute atomic E-state index is 12.3. The Morgan fingerprint density at radius 3 is 2.55 bits per heavy atom. The summed E-state index contributed by atoms with van der Waals surface area (Å²) >= 11 is 0. The molecule has 1 aromatic carbocycles. The molecule has 2 aliphatic rings. The van der Waals surface area contributed by atoms with Crippen LogP contribution < -0.4 is 16.4 Å². The molecule has 1 fully saturated rings. The first-order chi connectivity index (χ1) is 9.56. The Labute approximate surface area is 117 Å². The van der Waals surface area contributed by atoms with Gasteiger partial charge < -0.3 is 16.4 Å². The van der Waals surface area contributed by atoms with Crippen molar-refractivity contribution in [3.05, 3.63) is 29.3 Å². The van der Waals surface area contributed by atoms with E-state index in [0.29, 0.717) is 12.0 Å². The summed E-state index contributed by atoms with van der Waals surface area (Å²) in [6.07, 6.45) is 4.15. The number of amides is 2. The number of rotatable bonds is 2. The molecule has 20 heavy (non-hydrogen) atoms. The molecule has 5 nitrogen and oxygen atoms in total. The van der Waals surface area contributed by atoms with Gasteiger partial charge in [0.2, 0.25) is 11.8 Å². The quantitative estimate of drug-likeness (QED) is 0.840. The fourth-order valence-electron chi connectivity index (χ4n) is 3.23. The van der Waals surface area contributed by atoms with Crippen molar-refractivity contribution < 1.29 is 9.59 Å². The number of carbonyl (C=O) groups is 2. The summed E-state index contributed by atoms with van der Waals surface area (Å²) in [5.74, 6) is -0.347. The van der Waals surface area contributed by atoms with Crippen LogP contribution in [0.15, 0.2) is 18.2 Å². The number of hydrogen-bond acceptors (Lipinski definition) is 3. The zero-order valence-corrected chi connectivity index (χ0v) is 11.3. The second kappa shape index (κ2) is 4.90. The Morgan fingerprint density at radius 2 is 1.90 bits per heavy atom. The van der Waals surface area contributed by atoms with E-state index in [2.05, 4.69) is 0 Å². The van der Waals surface area contributed by atoms with E-state index in [-0.39, 0.29) is 18.0 Å². The lowest BCUT2D eigenvalue weighted by Crippen LogP contribution is -2.42. The second-order valence-electron chi connectivity index (χ2n) is 5.72. The predicted molar refractivity (Wildman–Crippen MR) is 76.4 cm³/mol. The molecule has 1 saturated carbocycles. The minimum Gasteiger partial charge on any atom is -0.366 e. The molecule has 1 aliphatic carbocycles. The van der Waals surface area contributed by atoms with E-state index in [1.54, 1.807) is 12.1 Å². The lowest BCUT2D eigenvalue weighted by Gasteiger charge is -2.34. The van der Waals surface area contributed by atoms with Crippen LogP contribution in [0.2, 0.25) is 0 Å². The third kappa shape index (κ3) is 2.18. The first kappa shape index (κ1) is 13.1. The van der Waals surface area contributed by atoms with E-state index < -0.39 is 5.91 Å². The van der Waals surface area contributed by atoms with Gasteiger partial charge in [0.15, 0.2) is 0 Å². The van der Waals surface area contributed by atoms with Crippen LogP contribution >= 0.6 is 0 Å². The first-order valence-corrected chi connectivity index (χ1v) is 7.06. The standard InChI is InChI=1S/C15H19N3O2/c16-11-3-5-12(6-4-11)18-13-7-10(15(17)20)2-1-9(13)8-14(18)19/h1-2,7,11-12H,3-6,8,16H2,(H2,17,20). The van der Waals surface area contributed by atoms with E-state index in [1.807, 2.05) is 11.0 Å². The highest BCUT2D eigenvalue weighted by Gasteiger charge is 2.35. The summed E-state index contributed by atoms with van der Waals surface area (Å²) < 4.78 is 0. The number of fused-ring (bicyclic) bond motifs is 1. The number of benzene rings is 1. The third-order valence-electron chi connectivity index (χ3n) is 4.35. The highest BCUT2D eigenvalue weighted by Crippen LogP contribution is 2.35. The zero-order chi connectivity index (χ0) is 14.3. The van der Waals surface area contributed by atoms with Crippen molar-refractivity contribution in [3.63, 3.8) is 0 Å². The Kier molecular flexibility index (Phi) is 3.22. The van der Waals surface area contributed by atoms with Crippen molar-refractivity contribution in [3.8, 4) is 0 Å². The van der Waals surface area contributed by atoms with Crippen LogP contribution in [-0.2, 0) is 11.2 Å². The van der Waals surface area contributed by atoms with Crippen molar-refractivity contribution in [2.24, 2.45) is 11.5 Å². The number of carbonyl (C=O) groups excluding carboxylic acids is 2. The molecule has 0 unspecified atom stereocenters. The SMILES string of the molecule is NC(=O)c1ccc2c(c1)N(C1CCC(N)CC1)C(=O)C2. The lowest BCUT2D eigenvalue weighted by molar-refractivity contribution is -0.118. The van der Waals surface area contributed by atoms with Crippen molar-refractivity contribution in [2.45, 2.75) is 44.2 Å². The van der Waals surface area contributed by atoms with Crippen LogP contribution in [0.1, 0.15) is 41.6 Å². The Morgan fingerprint density at radius 1 is 1.20 bits per heavy atom. The van der Waals surface area contributed by atoms with Gasteiger partial charge in [0.25, 0.3) is 0 Å². The average Bonchev–Trinajstić information content (AvgIpc) is 2.75. The van der Waals surface area contributed by atoms with E-state index in [4.69, 9.17) is 11.5 Å². The van der Waals surface area contributed by atoms with Crippen LogP contribution in [0, 0.1) is 0 Å². The molecule has 0 atom stereocenters. The van der Waals surface area contributed by atoms with E-state index >= 15 is 0 Å². The van der Waals surface area contributed by atoms with Crippen LogP contribution in [0.4, 0.5) is 5.69 Å². The number of anilines is 1. The highest BCUT2D eigenvalue weighted by molar-refractivity contribution is 6.04. The molecule has 1 aromatic rings. The molecule has 0 aromatic heterocycles. The Bertz CT molecular complexity index is 562. The van der Waals surface area contributed by atoms with Crippen molar-refractivity contribution in [1.82, 2.24) is 0 Å². The van der Waals surface area contributed by atoms with Crippen LogP contribution in [-0.4, -0.2) is 23.9 Å². The molecular weight excluding hydrogens is 254 g/mol. The number of primary amides is 1. The van der Waals surface area contributed by atoms with Crippen molar-refractivity contribution in [2.75, 3.05) is 4.90 Å². The van der Waals surface area contributed by atoms with Gasteiger partial charge in [-0.1, -0.05) is 6.07 Å². The van der Waals surface area contributed by atoms with Gasteiger partial charge in [-0.15, -0.1) is 0 Å². The second-order valence-corrected chi connectivity index (χ2v) is 5.72. The molecule has 1 heterocycles. The van der Waals surface area contributed by atoms with Gasteiger partial charge in [-0.2, -0.15) is 0 Å². The molecule has 0 spiro atoms. The fraction of sp³-hybridized carbons (Fsp3) is 0.467. The summed E-state index contributed by atoms with van der Waals surface area (Å²) in [5.41, 5.74) is 13.5. The Balaban J connectivity index is 1.92. The number of hydrogen-bond donors (Lipinski definition) is 2. The molecule has 3 rings (SSSR count). The smallest absolute Gasteiger partial charge is 0.248 e. The molecule has 0 saturated heterocycles. The van der Waals surface area contributed by atoms with Crippen LogP contribution in [0.25, 0.3) is 0 Å². The van der Waals surface area contributed by atoms with Gasteiger partial charge in [0.1, 0.15) is 0 Å². The predicted octanol–water partition coefficient (Wildman–Crippen LogP) is 0.944. The summed E-state index contributed by atoms with van der Waals surface area (Å²) in [4.78, 5) is 25.4. The summed E-state index contributed by atoms with van der Waals surface area (Å²) in [5, 5.41) is 0. The maximum atomic E-state index is 12.3. The maximum Gasteiger partial charge on any atom is 0.248 e. The molecule has 1 aliphatic heterocycles. The van der Waals surface area contributed by atoms with Gasteiger partial charge >= 0.3 is 0 Å². The monoisotopic (exact) mass is 273 g/mol. The minimum absolute atomic E-state index is 0.113.